The number of benzene rings is 1. The molecule has 0 atom stereocenters. The molecule has 2 heterocycles. The van der Waals surface area contributed by atoms with E-state index in [0.29, 0.717) is 22.6 Å². The molecular formula is C14H14FN5. The zero-order valence-corrected chi connectivity index (χ0v) is 11.2. The number of nitrogens with one attached hydrogen (secondary N) is 1. The van der Waals surface area contributed by atoms with Crippen molar-refractivity contribution in [1.82, 2.24) is 20.0 Å². The molecule has 0 aliphatic carbocycles. The van der Waals surface area contributed by atoms with Crippen LogP contribution in [0.15, 0.2) is 30.5 Å². The summed E-state index contributed by atoms with van der Waals surface area (Å²) in [5.41, 5.74) is 9.40. The number of H-pyrrole nitrogens is 1. The third kappa shape index (κ3) is 1.77. The van der Waals surface area contributed by atoms with E-state index in [-0.39, 0.29) is 5.82 Å². The van der Waals surface area contributed by atoms with Crippen LogP contribution in [0.1, 0.15) is 5.69 Å². The normalized spacial score (nSPS) is 10.9. The molecule has 0 aliphatic rings. The Bertz CT molecular complexity index is 772. The number of anilines is 1. The summed E-state index contributed by atoms with van der Waals surface area (Å²) in [5, 5.41) is 11.2. The zero-order chi connectivity index (χ0) is 14.3. The van der Waals surface area contributed by atoms with Crippen LogP contribution in [-0.2, 0) is 7.05 Å². The van der Waals surface area contributed by atoms with Crippen LogP contribution in [0.3, 0.4) is 0 Å². The van der Waals surface area contributed by atoms with Crippen LogP contribution in [0, 0.1) is 12.7 Å². The lowest BCUT2D eigenvalue weighted by Crippen LogP contribution is -1.98. The summed E-state index contributed by atoms with van der Waals surface area (Å²) in [7, 11) is 1.73. The first kappa shape index (κ1) is 12.4. The number of aryl methyl sites for hydroxylation is 2. The number of halogens is 1. The number of nitrogens with zero attached hydrogens (tertiary/aromatic N) is 3. The van der Waals surface area contributed by atoms with Crippen LogP contribution in [-0.4, -0.2) is 20.0 Å². The van der Waals surface area contributed by atoms with Crippen molar-refractivity contribution >= 4 is 5.82 Å². The van der Waals surface area contributed by atoms with Crippen molar-refractivity contribution < 1.29 is 4.39 Å². The Morgan fingerprint density at radius 1 is 1.25 bits per heavy atom. The Morgan fingerprint density at radius 3 is 2.65 bits per heavy atom. The minimum atomic E-state index is -0.324. The molecule has 0 unspecified atom stereocenters. The van der Waals surface area contributed by atoms with Crippen LogP contribution < -0.4 is 5.73 Å². The Hall–Kier alpha value is -2.63. The van der Waals surface area contributed by atoms with Gasteiger partial charge in [-0.3, -0.25) is 9.78 Å². The first-order valence-electron chi connectivity index (χ1n) is 6.17. The van der Waals surface area contributed by atoms with E-state index in [1.165, 1.54) is 6.07 Å². The molecule has 0 spiro atoms. The third-order valence-electron chi connectivity index (χ3n) is 3.32. The predicted molar refractivity (Wildman–Crippen MR) is 75.3 cm³/mol. The van der Waals surface area contributed by atoms with Gasteiger partial charge in [0.1, 0.15) is 17.3 Å². The predicted octanol–water partition coefficient (Wildman–Crippen LogP) is 2.51. The number of rotatable bonds is 2. The topological polar surface area (TPSA) is 72.5 Å². The Balaban J connectivity index is 2.31. The van der Waals surface area contributed by atoms with Crippen molar-refractivity contribution in [2.24, 2.45) is 7.05 Å². The summed E-state index contributed by atoms with van der Waals surface area (Å²) in [6.07, 6.45) is 1.67. The number of hydrogen-bond acceptors (Lipinski definition) is 3. The highest BCUT2D eigenvalue weighted by atomic mass is 19.1. The van der Waals surface area contributed by atoms with E-state index in [4.69, 9.17) is 5.73 Å². The van der Waals surface area contributed by atoms with Crippen molar-refractivity contribution in [2.75, 3.05) is 5.73 Å². The molecule has 5 nitrogen and oxygen atoms in total. The highest BCUT2D eigenvalue weighted by Crippen LogP contribution is 2.37. The van der Waals surface area contributed by atoms with Crippen LogP contribution in [0.2, 0.25) is 0 Å². The molecule has 0 fully saturated rings. The summed E-state index contributed by atoms with van der Waals surface area (Å²) in [5.74, 6) is 0.0975. The molecule has 20 heavy (non-hydrogen) atoms. The van der Waals surface area contributed by atoms with Crippen molar-refractivity contribution in [2.45, 2.75) is 6.92 Å². The lowest BCUT2D eigenvalue weighted by molar-refractivity contribution is 0.631. The van der Waals surface area contributed by atoms with Gasteiger partial charge in [0.2, 0.25) is 0 Å². The van der Waals surface area contributed by atoms with Crippen LogP contribution in [0.25, 0.3) is 22.4 Å². The van der Waals surface area contributed by atoms with Gasteiger partial charge < -0.3 is 5.73 Å². The highest BCUT2D eigenvalue weighted by Gasteiger charge is 2.21. The number of aromatic nitrogens is 4. The third-order valence-corrected chi connectivity index (χ3v) is 3.32. The monoisotopic (exact) mass is 271 g/mol. The fraction of sp³-hybridized carbons (Fsp3) is 0.143. The van der Waals surface area contributed by atoms with Crippen molar-refractivity contribution in [3.05, 3.63) is 42.0 Å². The Kier molecular flexibility index (Phi) is 2.78. The molecule has 0 saturated carbocycles. The first-order valence-corrected chi connectivity index (χ1v) is 6.17. The summed E-state index contributed by atoms with van der Waals surface area (Å²) >= 11 is 0. The molecule has 1 aromatic carbocycles. The largest absolute Gasteiger partial charge is 0.383 e. The molecular weight excluding hydrogens is 257 g/mol. The van der Waals surface area contributed by atoms with Gasteiger partial charge in [-0.25, -0.2) is 4.39 Å². The quantitative estimate of drug-likeness (QED) is 0.752. The van der Waals surface area contributed by atoms with E-state index in [0.717, 1.165) is 11.3 Å². The molecule has 2 aromatic heterocycles. The molecule has 102 valence electrons. The van der Waals surface area contributed by atoms with Gasteiger partial charge in [-0.1, -0.05) is 18.2 Å². The number of nitrogens with two attached hydrogens (primary N) is 1. The Morgan fingerprint density at radius 2 is 2.00 bits per heavy atom. The number of nitrogen functional groups attached to an aromatic ring is 1. The molecule has 0 bridgehead atoms. The van der Waals surface area contributed by atoms with Gasteiger partial charge in [0.05, 0.1) is 11.8 Å². The van der Waals surface area contributed by atoms with Gasteiger partial charge in [0.25, 0.3) is 0 Å². The maximum Gasteiger partial charge on any atom is 0.131 e. The van der Waals surface area contributed by atoms with E-state index >= 15 is 0 Å². The maximum absolute atomic E-state index is 14.1. The van der Waals surface area contributed by atoms with E-state index in [1.54, 1.807) is 36.1 Å². The van der Waals surface area contributed by atoms with Gasteiger partial charge in [0, 0.05) is 23.9 Å². The lowest BCUT2D eigenvalue weighted by atomic mass is 10.0. The average molecular weight is 271 g/mol. The smallest absolute Gasteiger partial charge is 0.131 e. The van der Waals surface area contributed by atoms with Crippen LogP contribution in [0.4, 0.5) is 10.2 Å². The van der Waals surface area contributed by atoms with Crippen molar-refractivity contribution in [3.8, 4) is 22.4 Å². The molecule has 6 heteroatoms. The van der Waals surface area contributed by atoms with E-state index in [1.807, 2.05) is 6.92 Å². The molecule has 3 N–H and O–H groups in total. The standard InChI is InChI=1S/C14H14FN5/c1-8-10(7-17-18-8)13-12(14(16)20(2)19-13)9-5-3-4-6-11(9)15/h3-7H,16H2,1-2H3,(H,17,18). The fourth-order valence-corrected chi connectivity index (χ4v) is 2.24. The van der Waals surface area contributed by atoms with Crippen molar-refractivity contribution in [3.63, 3.8) is 0 Å². The molecule has 3 rings (SSSR count). The average Bonchev–Trinajstić information content (AvgIpc) is 2.96. The Labute approximate surface area is 115 Å². The maximum atomic E-state index is 14.1. The second kappa shape index (κ2) is 4.48. The van der Waals surface area contributed by atoms with Gasteiger partial charge in [-0.05, 0) is 13.0 Å². The highest BCUT2D eigenvalue weighted by molar-refractivity contribution is 5.88. The summed E-state index contributed by atoms with van der Waals surface area (Å²) in [6, 6.07) is 6.53. The molecule has 0 aliphatic heterocycles. The second-order valence-electron chi connectivity index (χ2n) is 4.62. The van der Waals surface area contributed by atoms with E-state index in [2.05, 4.69) is 15.3 Å². The van der Waals surface area contributed by atoms with Gasteiger partial charge >= 0.3 is 0 Å². The molecule has 0 amide bonds. The SMILES string of the molecule is Cc1[nH]ncc1-c1nn(C)c(N)c1-c1ccccc1F. The molecule has 0 radical (unpaired) electrons. The van der Waals surface area contributed by atoms with Crippen molar-refractivity contribution in [1.29, 1.82) is 0 Å². The first-order chi connectivity index (χ1) is 9.59. The van der Waals surface area contributed by atoms with Crippen LogP contribution in [0.5, 0.6) is 0 Å². The van der Waals surface area contributed by atoms with Gasteiger partial charge in [0.15, 0.2) is 0 Å². The molecule has 0 saturated heterocycles. The van der Waals surface area contributed by atoms with Gasteiger partial charge in [-0.15, -0.1) is 0 Å². The summed E-state index contributed by atoms with van der Waals surface area (Å²) < 4.78 is 15.6. The number of aromatic amines is 1. The number of hydrogen-bond donors (Lipinski definition) is 2. The minimum Gasteiger partial charge on any atom is -0.383 e. The van der Waals surface area contributed by atoms with Gasteiger partial charge in [-0.2, -0.15) is 10.2 Å². The second-order valence-corrected chi connectivity index (χ2v) is 4.62. The van der Waals surface area contributed by atoms with E-state index in [9.17, 15) is 4.39 Å². The lowest BCUT2D eigenvalue weighted by Gasteiger charge is -2.05. The summed E-state index contributed by atoms with van der Waals surface area (Å²) in [6.45, 7) is 1.89. The molecule has 3 aromatic rings. The zero-order valence-electron chi connectivity index (χ0n) is 11.2. The van der Waals surface area contributed by atoms with Crippen LogP contribution >= 0.6 is 0 Å². The fourth-order valence-electron chi connectivity index (χ4n) is 2.24. The van der Waals surface area contributed by atoms with E-state index < -0.39 is 0 Å². The minimum absolute atomic E-state index is 0.324. The summed E-state index contributed by atoms with van der Waals surface area (Å²) in [4.78, 5) is 0.